The molecule has 0 saturated heterocycles. The van der Waals surface area contributed by atoms with Crippen LogP contribution in [0, 0.1) is 23.3 Å². The van der Waals surface area contributed by atoms with Gasteiger partial charge in [-0.3, -0.25) is 29.7 Å². The Morgan fingerprint density at radius 2 is 0.648 bits per heavy atom. The number of aromatic nitrogens is 4. The van der Waals surface area contributed by atoms with Crippen molar-refractivity contribution in [3.63, 3.8) is 0 Å². The molecule has 0 radical (unpaired) electrons. The van der Waals surface area contributed by atoms with Crippen molar-refractivity contribution in [1.82, 2.24) is 29.7 Å². The highest BCUT2D eigenvalue weighted by atomic mass is 19.1. The summed E-state index contributed by atoms with van der Waals surface area (Å²) < 4.78 is 55.5. The molecule has 0 amide bonds. The second kappa shape index (κ2) is 15.2. The predicted molar refractivity (Wildman–Crippen MR) is 201 cm³/mol. The van der Waals surface area contributed by atoms with Gasteiger partial charge in [0.2, 0.25) is 0 Å². The Hall–Kier alpha value is -5.88. The molecule has 0 aliphatic rings. The third-order valence-corrected chi connectivity index (χ3v) is 9.32. The number of fused-ring (bicyclic) bond motifs is 4. The normalized spacial score (nSPS) is 12.0. The maximum atomic E-state index is 13.9. The van der Waals surface area contributed by atoms with Crippen molar-refractivity contribution < 1.29 is 22.7 Å². The van der Waals surface area contributed by atoms with E-state index in [4.69, 9.17) is 19.9 Å². The fourth-order valence-electron chi connectivity index (χ4n) is 6.85. The van der Waals surface area contributed by atoms with Crippen molar-refractivity contribution in [1.29, 1.82) is 0 Å². The molecule has 270 valence electrons. The van der Waals surface area contributed by atoms with Gasteiger partial charge in [0.05, 0.1) is 50.9 Å². The van der Waals surface area contributed by atoms with Crippen molar-refractivity contribution in [3.05, 3.63) is 167 Å². The number of benzene rings is 4. The van der Waals surface area contributed by atoms with E-state index < -0.39 is 6.10 Å². The zero-order valence-corrected chi connectivity index (χ0v) is 29.0. The minimum Gasteiger partial charge on any atom is -0.390 e. The Morgan fingerprint density at radius 3 is 0.907 bits per heavy atom. The lowest BCUT2D eigenvalue weighted by Crippen LogP contribution is -2.40. The van der Waals surface area contributed by atoms with Crippen LogP contribution in [0.2, 0.25) is 0 Å². The molecule has 0 aliphatic heterocycles. The fraction of sp³-hybridized carbons (Fsp3) is 0.163. The third kappa shape index (κ3) is 8.34. The van der Waals surface area contributed by atoms with Crippen LogP contribution < -0.4 is 0 Å². The molecule has 8 aromatic rings. The molecule has 4 heterocycles. The fourth-order valence-corrected chi connectivity index (χ4v) is 6.85. The van der Waals surface area contributed by atoms with Gasteiger partial charge in [-0.05, 0) is 97.1 Å². The lowest BCUT2D eigenvalue weighted by Gasteiger charge is -2.29. The third-order valence-electron chi connectivity index (χ3n) is 9.32. The quantitative estimate of drug-likeness (QED) is 0.127. The predicted octanol–water partition coefficient (Wildman–Crippen LogP) is 8.50. The van der Waals surface area contributed by atoms with E-state index in [1.54, 1.807) is 24.3 Å². The van der Waals surface area contributed by atoms with Crippen LogP contribution in [0.1, 0.15) is 22.8 Å². The SMILES string of the molecule is OC(CN(Cc1ccc2cc(F)ccc2n1)Cc1ccc2cc(F)ccc2n1)CN(Cc1ccc2cc(F)ccc2n1)Cc1ccc2cc(F)ccc2n1. The summed E-state index contributed by atoms with van der Waals surface area (Å²) in [5.74, 6) is -1.35. The minimum absolute atomic E-state index is 0.234. The summed E-state index contributed by atoms with van der Waals surface area (Å²) in [6.07, 6.45) is -0.863. The van der Waals surface area contributed by atoms with Crippen molar-refractivity contribution in [2.75, 3.05) is 13.1 Å². The van der Waals surface area contributed by atoms with Crippen molar-refractivity contribution >= 4 is 43.6 Å². The van der Waals surface area contributed by atoms with E-state index in [0.717, 1.165) is 22.8 Å². The monoisotopic (exact) mass is 726 g/mol. The first-order valence-corrected chi connectivity index (χ1v) is 17.5. The van der Waals surface area contributed by atoms with Crippen LogP contribution >= 0.6 is 0 Å². The van der Waals surface area contributed by atoms with E-state index in [0.29, 0.717) is 69.8 Å². The molecule has 0 atom stereocenters. The summed E-state index contributed by atoms with van der Waals surface area (Å²) in [5.41, 5.74) is 5.55. The highest BCUT2D eigenvalue weighted by molar-refractivity contribution is 5.80. The van der Waals surface area contributed by atoms with Crippen LogP contribution in [0.25, 0.3) is 43.6 Å². The summed E-state index contributed by atoms with van der Waals surface area (Å²) in [6.45, 7) is 1.91. The Bertz CT molecular complexity index is 2280. The minimum atomic E-state index is -0.863. The molecule has 0 bridgehead atoms. The van der Waals surface area contributed by atoms with E-state index in [-0.39, 0.29) is 36.4 Å². The Balaban J connectivity index is 1.07. The average molecular weight is 727 g/mol. The van der Waals surface area contributed by atoms with E-state index in [2.05, 4.69) is 0 Å². The van der Waals surface area contributed by atoms with Crippen LogP contribution in [0.15, 0.2) is 121 Å². The second-order valence-corrected chi connectivity index (χ2v) is 13.6. The highest BCUT2D eigenvalue weighted by Gasteiger charge is 2.20. The van der Waals surface area contributed by atoms with Gasteiger partial charge in [0.15, 0.2) is 0 Å². The van der Waals surface area contributed by atoms with Gasteiger partial charge in [0.1, 0.15) is 23.3 Å². The maximum absolute atomic E-state index is 13.9. The molecule has 4 aromatic carbocycles. The molecule has 1 N–H and O–H groups in total. The van der Waals surface area contributed by atoms with Gasteiger partial charge in [0.25, 0.3) is 0 Å². The molecular formula is C43H34F4N6O. The van der Waals surface area contributed by atoms with Gasteiger partial charge in [-0.2, -0.15) is 0 Å². The average Bonchev–Trinajstić information content (AvgIpc) is 3.15. The number of halogens is 4. The number of nitrogens with zero attached hydrogens (tertiary/aromatic N) is 6. The summed E-state index contributed by atoms with van der Waals surface area (Å²) >= 11 is 0. The molecule has 54 heavy (non-hydrogen) atoms. The first-order chi connectivity index (χ1) is 26.2. The largest absolute Gasteiger partial charge is 0.390 e. The summed E-state index contributed by atoms with van der Waals surface area (Å²) in [6, 6.07) is 32.5. The number of pyridine rings is 4. The molecule has 0 fully saturated rings. The van der Waals surface area contributed by atoms with Gasteiger partial charge in [0, 0.05) is 60.8 Å². The van der Waals surface area contributed by atoms with Gasteiger partial charge < -0.3 is 5.11 Å². The summed E-state index contributed by atoms with van der Waals surface area (Å²) in [5, 5.41) is 14.5. The number of hydrogen-bond donors (Lipinski definition) is 1. The smallest absolute Gasteiger partial charge is 0.123 e. The van der Waals surface area contributed by atoms with E-state index in [1.807, 2.05) is 58.3 Å². The summed E-state index contributed by atoms with van der Waals surface area (Å²) in [4.78, 5) is 23.2. The van der Waals surface area contributed by atoms with Crippen LogP contribution in [-0.2, 0) is 26.2 Å². The van der Waals surface area contributed by atoms with Gasteiger partial charge in [-0.1, -0.05) is 24.3 Å². The van der Waals surface area contributed by atoms with Crippen LogP contribution in [0.3, 0.4) is 0 Å². The number of aliphatic hydroxyl groups is 1. The maximum Gasteiger partial charge on any atom is 0.123 e. The lowest BCUT2D eigenvalue weighted by atomic mass is 10.1. The van der Waals surface area contributed by atoms with Crippen molar-refractivity contribution in [3.8, 4) is 0 Å². The van der Waals surface area contributed by atoms with E-state index in [1.165, 1.54) is 48.5 Å². The molecule has 7 nitrogen and oxygen atoms in total. The topological polar surface area (TPSA) is 78.3 Å². The molecule has 0 aliphatic carbocycles. The molecule has 0 saturated carbocycles. The van der Waals surface area contributed by atoms with Crippen LogP contribution in [0.5, 0.6) is 0 Å². The lowest BCUT2D eigenvalue weighted by molar-refractivity contribution is 0.0616. The highest BCUT2D eigenvalue weighted by Crippen LogP contribution is 2.21. The van der Waals surface area contributed by atoms with Crippen LogP contribution in [0.4, 0.5) is 17.6 Å². The second-order valence-electron chi connectivity index (χ2n) is 13.6. The molecule has 4 aromatic heterocycles. The Labute approximate surface area is 308 Å². The van der Waals surface area contributed by atoms with Gasteiger partial charge in [-0.25, -0.2) is 17.6 Å². The first-order valence-electron chi connectivity index (χ1n) is 17.5. The molecule has 0 spiro atoms. The van der Waals surface area contributed by atoms with Crippen molar-refractivity contribution in [2.24, 2.45) is 0 Å². The number of rotatable bonds is 12. The van der Waals surface area contributed by atoms with Gasteiger partial charge >= 0.3 is 0 Å². The van der Waals surface area contributed by atoms with Gasteiger partial charge in [-0.15, -0.1) is 0 Å². The first kappa shape index (κ1) is 35.2. The van der Waals surface area contributed by atoms with E-state index >= 15 is 0 Å². The molecule has 0 unspecified atom stereocenters. The van der Waals surface area contributed by atoms with Crippen LogP contribution in [-0.4, -0.2) is 54.0 Å². The van der Waals surface area contributed by atoms with Crippen molar-refractivity contribution in [2.45, 2.75) is 32.3 Å². The summed E-state index contributed by atoms with van der Waals surface area (Å²) in [7, 11) is 0. The Kier molecular flexibility index (Phi) is 9.92. The zero-order valence-electron chi connectivity index (χ0n) is 29.0. The molecule has 8 rings (SSSR count). The number of hydrogen-bond acceptors (Lipinski definition) is 7. The molecular weight excluding hydrogens is 693 g/mol. The molecule has 11 heteroatoms. The number of aliphatic hydroxyl groups excluding tert-OH is 1. The van der Waals surface area contributed by atoms with E-state index in [9.17, 15) is 22.7 Å². The zero-order chi connectivity index (χ0) is 37.2. The standard InChI is InChI=1S/C43H34F4N6O/c44-31-5-13-40-27(17-31)1-9-35(48-40)21-52(22-36-10-2-28-18-32(45)6-14-41(28)49-36)25-39(54)26-53(23-37-11-3-29-19-33(46)7-15-42(29)50-37)24-38-12-4-30-20-34(47)8-16-43(30)51-38/h1-20,39,54H,21-26H2. The Morgan fingerprint density at radius 1 is 0.389 bits per heavy atom.